The number of halogens is 1. The van der Waals surface area contributed by atoms with Crippen LogP contribution < -0.4 is 10.6 Å². The van der Waals surface area contributed by atoms with Crippen LogP contribution in [-0.2, 0) is 4.79 Å². The Balaban J connectivity index is 2.04. The zero-order chi connectivity index (χ0) is 16.8. The maximum atomic E-state index is 11.5. The van der Waals surface area contributed by atoms with Crippen molar-refractivity contribution in [1.82, 2.24) is 15.6 Å². The summed E-state index contributed by atoms with van der Waals surface area (Å²) in [7, 11) is 0. The van der Waals surface area contributed by atoms with Gasteiger partial charge in [0.05, 0.1) is 18.3 Å². The van der Waals surface area contributed by atoms with Crippen LogP contribution in [0.1, 0.15) is 23.5 Å². The number of aromatic nitrogens is 1. The van der Waals surface area contributed by atoms with Crippen LogP contribution in [0.3, 0.4) is 0 Å². The van der Waals surface area contributed by atoms with Gasteiger partial charge in [0.25, 0.3) is 0 Å². The van der Waals surface area contributed by atoms with Crippen molar-refractivity contribution < 1.29 is 4.79 Å². The molecule has 0 spiro atoms. The Bertz CT molecular complexity index is 721. The van der Waals surface area contributed by atoms with Crippen molar-refractivity contribution in [3.8, 4) is 16.6 Å². The molecule has 2 N–H and O–H groups in total. The second-order valence-corrected chi connectivity index (χ2v) is 6.48. The predicted octanol–water partition coefficient (Wildman–Crippen LogP) is 3.06. The van der Waals surface area contributed by atoms with Crippen LogP contribution in [0.5, 0.6) is 0 Å². The van der Waals surface area contributed by atoms with Gasteiger partial charge in [-0.15, -0.1) is 11.3 Å². The minimum Gasteiger partial charge on any atom is -0.342 e. The van der Waals surface area contributed by atoms with Crippen molar-refractivity contribution in [3.05, 3.63) is 39.9 Å². The molecule has 1 aromatic carbocycles. The largest absolute Gasteiger partial charge is 0.342 e. The molecule has 1 unspecified atom stereocenters. The molecule has 0 saturated heterocycles. The Morgan fingerprint density at radius 2 is 2.13 bits per heavy atom. The summed E-state index contributed by atoms with van der Waals surface area (Å²) in [5.41, 5.74) is 1.96. The highest BCUT2D eigenvalue weighted by Crippen LogP contribution is 2.32. The first-order chi connectivity index (χ1) is 11.0. The Labute approximate surface area is 144 Å². The van der Waals surface area contributed by atoms with E-state index in [2.05, 4.69) is 15.6 Å². The highest BCUT2D eigenvalue weighted by molar-refractivity contribution is 7.15. The van der Waals surface area contributed by atoms with Crippen molar-refractivity contribution in [2.45, 2.75) is 19.9 Å². The zero-order valence-electron chi connectivity index (χ0n) is 12.9. The van der Waals surface area contributed by atoms with E-state index >= 15 is 0 Å². The van der Waals surface area contributed by atoms with Crippen LogP contribution in [-0.4, -0.2) is 24.0 Å². The van der Waals surface area contributed by atoms with Crippen LogP contribution in [0.2, 0.25) is 5.02 Å². The molecular weight excluding hydrogens is 332 g/mol. The van der Waals surface area contributed by atoms with E-state index in [1.165, 1.54) is 0 Å². The number of carbonyl (C=O) groups excluding carboxylic acids is 1. The van der Waals surface area contributed by atoms with Gasteiger partial charge in [0.15, 0.2) is 0 Å². The van der Waals surface area contributed by atoms with Crippen LogP contribution in [0.15, 0.2) is 24.3 Å². The minimum absolute atomic E-state index is 0.00128. The lowest BCUT2D eigenvalue weighted by molar-refractivity contribution is -0.120. The molecular formula is C16H17ClN4OS. The molecule has 0 aliphatic heterocycles. The van der Waals surface area contributed by atoms with E-state index in [0.717, 1.165) is 21.1 Å². The Kier molecular flexibility index (Phi) is 6.11. The molecule has 1 heterocycles. The number of benzene rings is 1. The van der Waals surface area contributed by atoms with Crippen molar-refractivity contribution in [2.24, 2.45) is 0 Å². The molecule has 120 valence electrons. The zero-order valence-corrected chi connectivity index (χ0v) is 14.5. The van der Waals surface area contributed by atoms with E-state index in [1.807, 2.05) is 44.2 Å². The van der Waals surface area contributed by atoms with Gasteiger partial charge in [0, 0.05) is 21.5 Å². The van der Waals surface area contributed by atoms with E-state index in [0.29, 0.717) is 5.02 Å². The second-order valence-electron chi connectivity index (χ2n) is 5.01. The SMILES string of the molecule is Cc1nc(-c2ccc(Cl)cc2)sc1C(C)NCC(=O)NCC#N. The molecule has 0 fully saturated rings. The molecule has 0 bridgehead atoms. The average molecular weight is 349 g/mol. The topological polar surface area (TPSA) is 77.8 Å². The lowest BCUT2D eigenvalue weighted by Gasteiger charge is -2.12. The summed E-state index contributed by atoms with van der Waals surface area (Å²) in [4.78, 5) is 17.2. The molecule has 2 aromatic rings. The third kappa shape index (κ3) is 4.76. The van der Waals surface area contributed by atoms with Gasteiger partial charge in [-0.05, 0) is 26.0 Å². The van der Waals surface area contributed by atoms with Crippen molar-refractivity contribution >= 4 is 28.8 Å². The molecule has 0 aliphatic carbocycles. The summed E-state index contributed by atoms with van der Waals surface area (Å²) in [5.74, 6) is -0.196. The summed E-state index contributed by atoms with van der Waals surface area (Å²) >= 11 is 7.50. The van der Waals surface area contributed by atoms with Gasteiger partial charge < -0.3 is 10.6 Å². The van der Waals surface area contributed by atoms with Gasteiger partial charge in [0.2, 0.25) is 5.91 Å². The van der Waals surface area contributed by atoms with Crippen molar-refractivity contribution in [3.63, 3.8) is 0 Å². The van der Waals surface area contributed by atoms with Crippen LogP contribution in [0.25, 0.3) is 10.6 Å². The Morgan fingerprint density at radius 3 is 2.78 bits per heavy atom. The van der Waals surface area contributed by atoms with Gasteiger partial charge in [-0.1, -0.05) is 23.7 Å². The van der Waals surface area contributed by atoms with Gasteiger partial charge in [-0.3, -0.25) is 4.79 Å². The smallest absolute Gasteiger partial charge is 0.234 e. The van der Waals surface area contributed by atoms with Gasteiger partial charge in [-0.25, -0.2) is 4.98 Å². The van der Waals surface area contributed by atoms with Crippen LogP contribution >= 0.6 is 22.9 Å². The lowest BCUT2D eigenvalue weighted by Crippen LogP contribution is -2.35. The fourth-order valence-corrected chi connectivity index (χ4v) is 3.29. The van der Waals surface area contributed by atoms with E-state index < -0.39 is 0 Å². The first kappa shape index (κ1) is 17.4. The van der Waals surface area contributed by atoms with Gasteiger partial charge in [-0.2, -0.15) is 5.26 Å². The molecule has 2 rings (SSSR count). The quantitative estimate of drug-likeness (QED) is 0.786. The first-order valence-electron chi connectivity index (χ1n) is 7.11. The summed E-state index contributed by atoms with van der Waals surface area (Å²) in [6.45, 7) is 4.13. The fraction of sp³-hybridized carbons (Fsp3) is 0.312. The summed E-state index contributed by atoms with van der Waals surface area (Å²) < 4.78 is 0. The monoisotopic (exact) mass is 348 g/mol. The number of thiazole rings is 1. The maximum Gasteiger partial charge on any atom is 0.234 e. The predicted molar refractivity (Wildman–Crippen MR) is 92.3 cm³/mol. The van der Waals surface area contributed by atoms with E-state index in [9.17, 15) is 4.79 Å². The molecule has 1 amide bonds. The molecule has 1 aromatic heterocycles. The number of rotatable bonds is 6. The average Bonchev–Trinajstić information content (AvgIpc) is 2.93. The number of hydrogen-bond acceptors (Lipinski definition) is 5. The number of nitrogens with zero attached hydrogens (tertiary/aromatic N) is 2. The first-order valence-corrected chi connectivity index (χ1v) is 8.31. The number of carbonyl (C=O) groups is 1. The van der Waals surface area contributed by atoms with Crippen molar-refractivity contribution in [1.29, 1.82) is 5.26 Å². The fourth-order valence-electron chi connectivity index (χ4n) is 2.07. The van der Waals surface area contributed by atoms with E-state index in [4.69, 9.17) is 16.9 Å². The number of nitriles is 1. The third-order valence-corrected chi connectivity index (χ3v) is 4.89. The molecule has 0 saturated carbocycles. The number of hydrogen-bond donors (Lipinski definition) is 2. The Morgan fingerprint density at radius 1 is 1.43 bits per heavy atom. The molecule has 23 heavy (non-hydrogen) atoms. The summed E-state index contributed by atoms with van der Waals surface area (Å²) in [5, 5.41) is 15.7. The van der Waals surface area contributed by atoms with Gasteiger partial charge in [0.1, 0.15) is 11.6 Å². The van der Waals surface area contributed by atoms with Crippen LogP contribution in [0, 0.1) is 18.3 Å². The standard InChI is InChI=1S/C16H17ClN4OS/c1-10(20-9-14(22)19-8-7-18)15-11(2)21-16(23-15)12-3-5-13(17)6-4-12/h3-6,10,20H,8-9H2,1-2H3,(H,19,22). The third-order valence-electron chi connectivity index (χ3n) is 3.25. The molecule has 1 atom stereocenters. The number of amides is 1. The summed E-state index contributed by atoms with van der Waals surface area (Å²) in [6, 6.07) is 9.44. The lowest BCUT2D eigenvalue weighted by atomic mass is 10.2. The second kappa shape index (κ2) is 8.06. The van der Waals surface area contributed by atoms with E-state index in [-0.39, 0.29) is 25.0 Å². The highest BCUT2D eigenvalue weighted by Gasteiger charge is 2.16. The molecule has 5 nitrogen and oxygen atoms in total. The summed E-state index contributed by atoms with van der Waals surface area (Å²) in [6.07, 6.45) is 0. The van der Waals surface area contributed by atoms with Crippen molar-refractivity contribution in [2.75, 3.05) is 13.1 Å². The highest BCUT2D eigenvalue weighted by atomic mass is 35.5. The van der Waals surface area contributed by atoms with Gasteiger partial charge >= 0.3 is 0 Å². The maximum absolute atomic E-state index is 11.5. The molecule has 0 aliphatic rings. The number of aryl methyl sites for hydroxylation is 1. The number of nitrogens with one attached hydrogen (secondary N) is 2. The minimum atomic E-state index is -0.196. The molecule has 0 radical (unpaired) electrons. The normalized spacial score (nSPS) is 11.7. The van der Waals surface area contributed by atoms with Crippen LogP contribution in [0.4, 0.5) is 0 Å². The Hall–Kier alpha value is -1.94. The molecule has 7 heteroatoms. The van der Waals surface area contributed by atoms with E-state index in [1.54, 1.807) is 11.3 Å².